The second-order valence-corrected chi connectivity index (χ2v) is 4.88. The molecule has 0 aromatic carbocycles. The van der Waals surface area contributed by atoms with Crippen molar-refractivity contribution >= 4 is 11.9 Å². The molecule has 0 spiro atoms. The van der Waals surface area contributed by atoms with E-state index in [1.165, 1.54) is 26.2 Å². The van der Waals surface area contributed by atoms with Gasteiger partial charge in [0.25, 0.3) is 0 Å². The van der Waals surface area contributed by atoms with E-state index in [2.05, 4.69) is 6.92 Å². The molecule has 0 aliphatic heterocycles. The fourth-order valence-corrected chi connectivity index (χ4v) is 1.77. The fraction of sp³-hybridized carbons (Fsp3) is 0.857. The van der Waals surface area contributed by atoms with Gasteiger partial charge in [-0.1, -0.05) is 46.0 Å². The summed E-state index contributed by atoms with van der Waals surface area (Å²) in [5.41, 5.74) is -1.36. The quantitative estimate of drug-likeness (QED) is 0.481. The fourth-order valence-electron chi connectivity index (χ4n) is 1.77. The van der Waals surface area contributed by atoms with Gasteiger partial charge in [-0.05, 0) is 19.8 Å². The molecule has 4 heteroatoms. The summed E-state index contributed by atoms with van der Waals surface area (Å²) in [4.78, 5) is 22.4. The molecule has 0 fully saturated rings. The van der Waals surface area contributed by atoms with Crippen molar-refractivity contribution in [3.05, 3.63) is 0 Å². The monoisotopic (exact) mass is 258 g/mol. The van der Waals surface area contributed by atoms with Gasteiger partial charge < -0.3 is 9.84 Å². The second kappa shape index (κ2) is 8.95. The molecule has 4 nitrogen and oxygen atoms in total. The maximum Gasteiger partial charge on any atom is 0.347 e. The standard InChI is InChI=1S/C14H26O4/c1-4-6-7-8-9-10-11-14(3,13(16)17)18-12(15)5-2/h4-11H2,1-3H3,(H,16,17). The summed E-state index contributed by atoms with van der Waals surface area (Å²) in [5, 5.41) is 9.14. The van der Waals surface area contributed by atoms with Crippen molar-refractivity contribution in [2.24, 2.45) is 0 Å². The number of esters is 1. The van der Waals surface area contributed by atoms with Gasteiger partial charge in [0.05, 0.1) is 0 Å². The van der Waals surface area contributed by atoms with Crippen LogP contribution in [0.2, 0.25) is 0 Å². The molecule has 0 bridgehead atoms. The third kappa shape index (κ3) is 6.62. The van der Waals surface area contributed by atoms with Gasteiger partial charge in [-0.25, -0.2) is 4.79 Å². The highest BCUT2D eigenvalue weighted by molar-refractivity contribution is 5.81. The summed E-state index contributed by atoms with van der Waals surface area (Å²) >= 11 is 0. The Morgan fingerprint density at radius 1 is 1.06 bits per heavy atom. The van der Waals surface area contributed by atoms with Crippen LogP contribution in [0.15, 0.2) is 0 Å². The van der Waals surface area contributed by atoms with Crippen LogP contribution >= 0.6 is 0 Å². The van der Waals surface area contributed by atoms with Crippen LogP contribution in [-0.2, 0) is 14.3 Å². The van der Waals surface area contributed by atoms with E-state index in [0.717, 1.165) is 19.3 Å². The zero-order chi connectivity index (χ0) is 14.0. The third-order valence-corrected chi connectivity index (χ3v) is 3.09. The third-order valence-electron chi connectivity index (χ3n) is 3.09. The lowest BCUT2D eigenvalue weighted by molar-refractivity contribution is -0.177. The minimum Gasteiger partial charge on any atom is -0.478 e. The Bertz CT molecular complexity index is 263. The maximum atomic E-state index is 11.2. The van der Waals surface area contributed by atoms with Crippen molar-refractivity contribution in [2.75, 3.05) is 0 Å². The average molecular weight is 258 g/mol. The van der Waals surface area contributed by atoms with E-state index < -0.39 is 17.5 Å². The molecule has 0 saturated carbocycles. The number of unbranched alkanes of at least 4 members (excludes halogenated alkanes) is 5. The first-order chi connectivity index (χ1) is 8.46. The molecule has 0 radical (unpaired) electrons. The van der Waals surface area contributed by atoms with Crippen molar-refractivity contribution in [2.45, 2.75) is 77.7 Å². The lowest BCUT2D eigenvalue weighted by Crippen LogP contribution is -2.40. The van der Waals surface area contributed by atoms with Crippen LogP contribution in [-0.4, -0.2) is 22.6 Å². The van der Waals surface area contributed by atoms with E-state index in [1.54, 1.807) is 6.92 Å². The normalized spacial score (nSPS) is 13.9. The van der Waals surface area contributed by atoms with E-state index in [9.17, 15) is 9.59 Å². The van der Waals surface area contributed by atoms with Crippen LogP contribution in [0.5, 0.6) is 0 Å². The molecule has 0 aliphatic carbocycles. The first-order valence-corrected chi connectivity index (χ1v) is 6.91. The second-order valence-electron chi connectivity index (χ2n) is 4.88. The zero-order valence-electron chi connectivity index (χ0n) is 11.8. The van der Waals surface area contributed by atoms with Crippen molar-refractivity contribution < 1.29 is 19.4 Å². The molecule has 0 heterocycles. The Morgan fingerprint density at radius 3 is 2.11 bits per heavy atom. The average Bonchev–Trinajstić information content (AvgIpc) is 2.33. The molecule has 106 valence electrons. The number of carboxylic acids is 1. The van der Waals surface area contributed by atoms with Gasteiger partial charge in [0, 0.05) is 6.42 Å². The van der Waals surface area contributed by atoms with Gasteiger partial charge >= 0.3 is 11.9 Å². The van der Waals surface area contributed by atoms with Gasteiger partial charge in [0.1, 0.15) is 0 Å². The van der Waals surface area contributed by atoms with Gasteiger partial charge in [0.15, 0.2) is 0 Å². The summed E-state index contributed by atoms with van der Waals surface area (Å²) in [6.07, 6.45) is 7.10. The van der Waals surface area contributed by atoms with Crippen molar-refractivity contribution in [1.29, 1.82) is 0 Å². The highest BCUT2D eigenvalue weighted by atomic mass is 16.6. The Morgan fingerprint density at radius 2 is 1.61 bits per heavy atom. The van der Waals surface area contributed by atoms with Crippen LogP contribution in [0, 0.1) is 0 Å². The van der Waals surface area contributed by atoms with Crippen LogP contribution in [0.25, 0.3) is 0 Å². The smallest absolute Gasteiger partial charge is 0.347 e. The Labute approximate surface area is 110 Å². The Balaban J connectivity index is 4.04. The molecule has 1 atom stereocenters. The summed E-state index contributed by atoms with van der Waals surface area (Å²) < 4.78 is 5.04. The van der Waals surface area contributed by atoms with Crippen LogP contribution < -0.4 is 0 Å². The number of hydrogen-bond acceptors (Lipinski definition) is 3. The van der Waals surface area contributed by atoms with E-state index >= 15 is 0 Å². The summed E-state index contributed by atoms with van der Waals surface area (Å²) in [6.45, 7) is 5.30. The predicted molar refractivity (Wildman–Crippen MR) is 70.4 cm³/mol. The maximum absolute atomic E-state index is 11.2. The minimum absolute atomic E-state index is 0.208. The van der Waals surface area contributed by atoms with Gasteiger partial charge in [-0.3, -0.25) is 4.79 Å². The molecular formula is C14H26O4. The Kier molecular flexibility index (Phi) is 8.42. The molecule has 0 amide bonds. The van der Waals surface area contributed by atoms with E-state index in [-0.39, 0.29) is 6.42 Å². The highest BCUT2D eigenvalue weighted by Crippen LogP contribution is 2.21. The van der Waals surface area contributed by atoms with Gasteiger partial charge in [0.2, 0.25) is 5.60 Å². The molecule has 0 aromatic rings. The number of aliphatic carboxylic acids is 1. The highest BCUT2D eigenvalue weighted by Gasteiger charge is 2.36. The number of hydrogen-bond donors (Lipinski definition) is 1. The Hall–Kier alpha value is -1.06. The first kappa shape index (κ1) is 16.9. The van der Waals surface area contributed by atoms with E-state index in [4.69, 9.17) is 9.84 Å². The molecule has 1 unspecified atom stereocenters. The lowest BCUT2D eigenvalue weighted by atomic mass is 9.97. The SMILES string of the molecule is CCCCCCCCC(C)(OC(=O)CC)C(=O)O. The van der Waals surface area contributed by atoms with Gasteiger partial charge in [-0.2, -0.15) is 0 Å². The number of carbonyl (C=O) groups excluding carboxylic acids is 1. The molecular weight excluding hydrogens is 232 g/mol. The largest absolute Gasteiger partial charge is 0.478 e. The topological polar surface area (TPSA) is 63.6 Å². The van der Waals surface area contributed by atoms with Crippen LogP contribution in [0.4, 0.5) is 0 Å². The van der Waals surface area contributed by atoms with Crippen LogP contribution in [0.1, 0.15) is 72.1 Å². The van der Waals surface area contributed by atoms with Gasteiger partial charge in [-0.15, -0.1) is 0 Å². The zero-order valence-corrected chi connectivity index (χ0v) is 11.8. The van der Waals surface area contributed by atoms with E-state index in [0.29, 0.717) is 6.42 Å². The number of carbonyl (C=O) groups is 2. The number of carboxylic acid groups (broad SMARTS) is 1. The first-order valence-electron chi connectivity index (χ1n) is 6.91. The van der Waals surface area contributed by atoms with E-state index in [1.807, 2.05) is 0 Å². The lowest BCUT2D eigenvalue weighted by Gasteiger charge is -2.24. The summed E-state index contributed by atoms with van der Waals surface area (Å²) in [6, 6.07) is 0. The molecule has 0 aromatic heterocycles. The molecule has 0 saturated heterocycles. The molecule has 0 rings (SSSR count). The number of ether oxygens (including phenoxy) is 1. The molecule has 0 aliphatic rings. The molecule has 1 N–H and O–H groups in total. The predicted octanol–water partition coefficient (Wildman–Crippen LogP) is 3.53. The minimum atomic E-state index is -1.36. The van der Waals surface area contributed by atoms with Crippen LogP contribution in [0.3, 0.4) is 0 Å². The number of rotatable bonds is 10. The summed E-state index contributed by atoms with van der Waals surface area (Å²) in [7, 11) is 0. The summed E-state index contributed by atoms with van der Waals surface area (Å²) in [5.74, 6) is -1.51. The van der Waals surface area contributed by atoms with Crippen molar-refractivity contribution in [3.8, 4) is 0 Å². The van der Waals surface area contributed by atoms with Crippen molar-refractivity contribution in [3.63, 3.8) is 0 Å². The van der Waals surface area contributed by atoms with Crippen molar-refractivity contribution in [1.82, 2.24) is 0 Å². The molecule has 18 heavy (non-hydrogen) atoms.